The van der Waals surface area contributed by atoms with Crippen molar-refractivity contribution >= 4 is 12.0 Å². The van der Waals surface area contributed by atoms with Crippen LogP contribution >= 0.6 is 0 Å². The summed E-state index contributed by atoms with van der Waals surface area (Å²) >= 11 is 0. The fraction of sp³-hybridized carbons (Fsp3) is 0.750. The second-order valence-corrected chi connectivity index (χ2v) is 3.25. The van der Waals surface area contributed by atoms with Crippen LogP contribution in [-0.2, 0) is 9.53 Å². The molecule has 0 aliphatic heterocycles. The first kappa shape index (κ1) is 12.7. The number of methoxy groups -OCH3 is 1. The minimum atomic E-state index is -1.85. The van der Waals surface area contributed by atoms with E-state index in [1.165, 1.54) is 20.9 Å². The van der Waals surface area contributed by atoms with Crippen molar-refractivity contribution in [2.24, 2.45) is 0 Å². The molecule has 5 nitrogen and oxygen atoms in total. The number of alkyl carbamates (subject to hydrolysis) is 1. The number of alkyl halides is 1. The minimum Gasteiger partial charge on any atom is -0.453 e. The molecule has 0 heterocycles. The zero-order valence-corrected chi connectivity index (χ0v) is 8.68. The van der Waals surface area contributed by atoms with Crippen LogP contribution in [-0.4, -0.2) is 37.9 Å². The van der Waals surface area contributed by atoms with Gasteiger partial charge in [-0.1, -0.05) is 0 Å². The van der Waals surface area contributed by atoms with Crippen LogP contribution in [0, 0.1) is 0 Å². The van der Waals surface area contributed by atoms with Gasteiger partial charge in [0.05, 0.1) is 7.11 Å². The number of halogens is 1. The second kappa shape index (κ2) is 4.78. The summed E-state index contributed by atoms with van der Waals surface area (Å²) in [4.78, 5) is 22.0. The maximum atomic E-state index is 13.5. The summed E-state index contributed by atoms with van der Waals surface area (Å²) in [6.07, 6.45) is -0.843. The fourth-order valence-electron chi connectivity index (χ4n) is 0.870. The molecule has 2 N–H and O–H groups in total. The Hall–Kier alpha value is -1.33. The maximum absolute atomic E-state index is 13.5. The van der Waals surface area contributed by atoms with E-state index in [9.17, 15) is 14.0 Å². The number of rotatable bonds is 3. The molecule has 6 heteroatoms. The molecule has 0 saturated carbocycles. The van der Waals surface area contributed by atoms with Gasteiger partial charge in [0.2, 0.25) is 5.91 Å². The van der Waals surface area contributed by atoms with Crippen molar-refractivity contribution in [3.05, 3.63) is 0 Å². The molecule has 1 atom stereocenters. The first-order chi connectivity index (χ1) is 6.32. The van der Waals surface area contributed by atoms with E-state index >= 15 is 0 Å². The molecule has 82 valence electrons. The highest BCUT2D eigenvalue weighted by Crippen LogP contribution is 2.14. The molecular weight excluding hydrogens is 191 g/mol. The monoisotopic (exact) mass is 206 g/mol. The summed E-state index contributed by atoms with van der Waals surface area (Å²) < 4.78 is 17.7. The van der Waals surface area contributed by atoms with E-state index in [0.717, 1.165) is 7.11 Å². The van der Waals surface area contributed by atoms with E-state index in [2.05, 4.69) is 15.4 Å². The molecule has 0 aliphatic carbocycles. The van der Waals surface area contributed by atoms with Crippen molar-refractivity contribution in [1.82, 2.24) is 10.6 Å². The van der Waals surface area contributed by atoms with E-state index in [0.29, 0.717) is 0 Å². The third-order valence-electron chi connectivity index (χ3n) is 1.64. The second-order valence-electron chi connectivity index (χ2n) is 3.25. The lowest BCUT2D eigenvalue weighted by Crippen LogP contribution is -2.55. The van der Waals surface area contributed by atoms with Crippen LogP contribution < -0.4 is 10.6 Å². The number of amides is 2. The molecule has 2 amide bonds. The van der Waals surface area contributed by atoms with Gasteiger partial charge in [0.25, 0.3) is 0 Å². The molecule has 0 aromatic carbocycles. The van der Waals surface area contributed by atoms with Gasteiger partial charge in [-0.25, -0.2) is 9.18 Å². The maximum Gasteiger partial charge on any atom is 0.407 e. The molecule has 0 aliphatic rings. The van der Waals surface area contributed by atoms with Crippen LogP contribution in [0.1, 0.15) is 13.8 Å². The predicted molar refractivity (Wildman–Crippen MR) is 48.6 cm³/mol. The number of hydrogen-bond donors (Lipinski definition) is 2. The summed E-state index contributed by atoms with van der Waals surface area (Å²) in [5.41, 5.74) is -1.85. The fourth-order valence-corrected chi connectivity index (χ4v) is 0.870. The van der Waals surface area contributed by atoms with E-state index < -0.39 is 23.7 Å². The molecule has 0 aromatic rings. The minimum absolute atomic E-state index is 0.608. The van der Waals surface area contributed by atoms with E-state index in [1.807, 2.05) is 0 Å². The molecular formula is C8H15FN2O3. The molecule has 0 fully saturated rings. The van der Waals surface area contributed by atoms with Crippen molar-refractivity contribution < 1.29 is 18.7 Å². The van der Waals surface area contributed by atoms with Crippen LogP contribution in [0.15, 0.2) is 0 Å². The Morgan fingerprint density at radius 1 is 1.43 bits per heavy atom. The van der Waals surface area contributed by atoms with Crippen molar-refractivity contribution in [2.75, 3.05) is 14.2 Å². The van der Waals surface area contributed by atoms with Gasteiger partial charge in [-0.05, 0) is 13.8 Å². The number of likely N-dealkylation sites (N-methyl/N-ethyl adjacent to an activating group) is 1. The summed E-state index contributed by atoms with van der Waals surface area (Å²) in [7, 11) is 2.50. The lowest BCUT2D eigenvalue weighted by Gasteiger charge is -2.25. The van der Waals surface area contributed by atoms with Gasteiger partial charge in [-0.2, -0.15) is 0 Å². The Labute approximate surface area is 82.0 Å². The largest absolute Gasteiger partial charge is 0.453 e. The van der Waals surface area contributed by atoms with Crippen molar-refractivity contribution in [3.8, 4) is 0 Å². The normalized spacial score (nSPS) is 12.9. The standard InChI is InChI=1S/C8H15FN2O3/c1-8(2,9)5(6(12)10-3)11-7(13)14-4/h5H,1-4H3,(H,10,12)(H,11,13). The summed E-state index contributed by atoms with van der Waals surface area (Å²) in [6.45, 7) is 2.39. The molecule has 0 bridgehead atoms. The Balaban J connectivity index is 4.58. The number of carbonyl (C=O) groups excluding carboxylic acids is 2. The van der Waals surface area contributed by atoms with Gasteiger partial charge < -0.3 is 15.4 Å². The zero-order chi connectivity index (χ0) is 11.4. The predicted octanol–water partition coefficient (Wildman–Crippen LogP) is 0.205. The molecule has 0 radical (unpaired) electrons. The lowest BCUT2D eigenvalue weighted by molar-refractivity contribution is -0.125. The summed E-state index contributed by atoms with van der Waals surface area (Å²) in [5.74, 6) is -0.608. The van der Waals surface area contributed by atoms with Gasteiger partial charge in [0.1, 0.15) is 11.7 Å². The van der Waals surface area contributed by atoms with E-state index in [4.69, 9.17) is 0 Å². The Morgan fingerprint density at radius 2 is 1.93 bits per heavy atom. The number of hydrogen-bond acceptors (Lipinski definition) is 3. The molecule has 1 unspecified atom stereocenters. The van der Waals surface area contributed by atoms with Crippen LogP contribution in [0.3, 0.4) is 0 Å². The van der Waals surface area contributed by atoms with Crippen LogP contribution in [0.25, 0.3) is 0 Å². The van der Waals surface area contributed by atoms with Crippen LogP contribution in [0.4, 0.5) is 9.18 Å². The van der Waals surface area contributed by atoms with Gasteiger partial charge in [0, 0.05) is 7.05 Å². The summed E-state index contributed by atoms with van der Waals surface area (Å²) in [6, 6.07) is -1.26. The Bertz CT molecular complexity index is 225. The average molecular weight is 206 g/mol. The third-order valence-corrected chi connectivity index (χ3v) is 1.64. The van der Waals surface area contributed by atoms with Crippen LogP contribution in [0.2, 0.25) is 0 Å². The lowest BCUT2D eigenvalue weighted by atomic mass is 10.0. The molecule has 0 saturated heterocycles. The number of nitrogens with one attached hydrogen (secondary N) is 2. The highest BCUT2D eigenvalue weighted by molar-refractivity contribution is 5.86. The Morgan fingerprint density at radius 3 is 2.21 bits per heavy atom. The first-order valence-corrected chi connectivity index (χ1v) is 4.08. The van der Waals surface area contributed by atoms with Crippen molar-refractivity contribution in [2.45, 2.75) is 25.6 Å². The average Bonchev–Trinajstić information content (AvgIpc) is 2.10. The number of ether oxygens (including phenoxy) is 1. The van der Waals surface area contributed by atoms with Crippen LogP contribution in [0.5, 0.6) is 0 Å². The van der Waals surface area contributed by atoms with E-state index in [1.54, 1.807) is 0 Å². The topological polar surface area (TPSA) is 67.4 Å². The molecule has 0 aromatic heterocycles. The van der Waals surface area contributed by atoms with Crippen molar-refractivity contribution in [3.63, 3.8) is 0 Å². The third kappa shape index (κ3) is 3.59. The van der Waals surface area contributed by atoms with E-state index in [-0.39, 0.29) is 0 Å². The van der Waals surface area contributed by atoms with Gasteiger partial charge in [-0.3, -0.25) is 4.79 Å². The number of carbonyl (C=O) groups is 2. The Kier molecular flexibility index (Phi) is 4.33. The zero-order valence-electron chi connectivity index (χ0n) is 8.68. The van der Waals surface area contributed by atoms with Gasteiger partial charge in [-0.15, -0.1) is 0 Å². The molecule has 0 rings (SSSR count). The highest BCUT2D eigenvalue weighted by atomic mass is 19.1. The molecule has 14 heavy (non-hydrogen) atoms. The molecule has 0 spiro atoms. The quantitative estimate of drug-likeness (QED) is 0.693. The first-order valence-electron chi connectivity index (χ1n) is 4.08. The van der Waals surface area contributed by atoms with Crippen molar-refractivity contribution in [1.29, 1.82) is 0 Å². The summed E-state index contributed by atoms with van der Waals surface area (Å²) in [5, 5.41) is 4.36. The smallest absolute Gasteiger partial charge is 0.407 e. The highest BCUT2D eigenvalue weighted by Gasteiger charge is 2.36. The van der Waals surface area contributed by atoms with Gasteiger partial charge >= 0.3 is 6.09 Å². The van der Waals surface area contributed by atoms with Gasteiger partial charge in [0.15, 0.2) is 0 Å². The SMILES string of the molecule is CNC(=O)C(NC(=O)OC)C(C)(C)F.